The average molecular weight is 443 g/mol. The van der Waals surface area contributed by atoms with E-state index < -0.39 is 17.2 Å². The predicted molar refractivity (Wildman–Crippen MR) is 114 cm³/mol. The van der Waals surface area contributed by atoms with Crippen LogP contribution in [-0.4, -0.2) is 19.5 Å². The van der Waals surface area contributed by atoms with Crippen LogP contribution in [0, 0.1) is 18.6 Å². The molecule has 3 aromatic heterocycles. The number of benzene rings is 2. The molecule has 2 aromatic carbocycles. The molecule has 9 heteroatoms. The number of hydrogen-bond donors (Lipinski definition) is 1. The van der Waals surface area contributed by atoms with Crippen molar-refractivity contribution in [3.05, 3.63) is 80.2 Å². The molecule has 0 saturated heterocycles. The summed E-state index contributed by atoms with van der Waals surface area (Å²) in [5.74, 6) is -1.46. The fourth-order valence-corrected chi connectivity index (χ4v) is 4.69. The smallest absolute Gasteiger partial charge is 0.248 e. The molecule has 0 aliphatic carbocycles. The summed E-state index contributed by atoms with van der Waals surface area (Å²) in [7, 11) is 0. The van der Waals surface area contributed by atoms with Crippen LogP contribution < -0.4 is 5.56 Å². The quantitative estimate of drug-likeness (QED) is 0.413. The summed E-state index contributed by atoms with van der Waals surface area (Å²) in [5, 5.41) is 0.911. The highest BCUT2D eigenvalue weighted by Gasteiger charge is 2.20. The molecule has 0 fully saturated rings. The van der Waals surface area contributed by atoms with Crippen LogP contribution in [0.25, 0.3) is 32.6 Å². The molecule has 0 amide bonds. The minimum atomic E-state index is -1.08. The molecular formula is C21H13ClF2N4OS. The van der Waals surface area contributed by atoms with Crippen molar-refractivity contribution in [2.45, 2.75) is 13.5 Å². The topological polar surface area (TPSA) is 63.6 Å². The van der Waals surface area contributed by atoms with Crippen molar-refractivity contribution in [2.75, 3.05) is 0 Å². The van der Waals surface area contributed by atoms with E-state index in [0.717, 1.165) is 16.6 Å². The lowest BCUT2D eigenvalue weighted by molar-refractivity contribution is 0.515. The SMILES string of the molecule is Cc1ncsc1-c1nc2cccc(Cl)c2n1Cc1cc(=O)[nH]c2c(F)c(F)ccc12. The number of nitrogens with zero attached hydrogens (tertiary/aromatic N) is 3. The van der Waals surface area contributed by atoms with E-state index in [0.29, 0.717) is 32.8 Å². The molecule has 0 radical (unpaired) electrons. The van der Waals surface area contributed by atoms with Crippen LogP contribution in [0.3, 0.4) is 0 Å². The number of imidazole rings is 1. The highest BCUT2D eigenvalue weighted by Crippen LogP contribution is 2.34. The fourth-order valence-electron chi connectivity index (χ4n) is 3.62. The maximum absolute atomic E-state index is 14.3. The number of fused-ring (bicyclic) bond motifs is 2. The summed E-state index contributed by atoms with van der Waals surface area (Å²) in [5.41, 5.74) is 3.77. The molecule has 0 unspecified atom stereocenters. The van der Waals surface area contributed by atoms with E-state index in [2.05, 4.69) is 9.97 Å². The second-order valence-corrected chi connectivity index (χ2v) is 8.10. The van der Waals surface area contributed by atoms with Crippen molar-refractivity contribution in [1.82, 2.24) is 19.5 Å². The number of thiazole rings is 1. The molecule has 0 aliphatic rings. The Morgan fingerprint density at radius 2 is 2.07 bits per heavy atom. The van der Waals surface area contributed by atoms with Crippen LogP contribution in [0.5, 0.6) is 0 Å². The number of aromatic amines is 1. The van der Waals surface area contributed by atoms with Gasteiger partial charge in [-0.3, -0.25) is 4.79 Å². The summed E-state index contributed by atoms with van der Waals surface area (Å²) in [6, 6.07) is 9.31. The van der Waals surface area contributed by atoms with E-state index in [1.807, 2.05) is 23.6 Å². The first-order valence-electron chi connectivity index (χ1n) is 8.99. The van der Waals surface area contributed by atoms with Gasteiger partial charge in [-0.2, -0.15) is 0 Å². The first kappa shape index (κ1) is 18.9. The van der Waals surface area contributed by atoms with Crippen LogP contribution in [-0.2, 0) is 6.54 Å². The molecular weight excluding hydrogens is 430 g/mol. The summed E-state index contributed by atoms with van der Waals surface area (Å²) < 4.78 is 29.9. The third-order valence-corrected chi connectivity index (χ3v) is 6.22. The van der Waals surface area contributed by atoms with Crippen molar-refractivity contribution < 1.29 is 8.78 Å². The van der Waals surface area contributed by atoms with E-state index in [1.54, 1.807) is 11.6 Å². The van der Waals surface area contributed by atoms with Gasteiger partial charge in [0.15, 0.2) is 17.5 Å². The molecule has 0 aliphatic heterocycles. The van der Waals surface area contributed by atoms with Gasteiger partial charge in [-0.05, 0) is 36.8 Å². The lowest BCUT2D eigenvalue weighted by Gasteiger charge is -2.12. The van der Waals surface area contributed by atoms with Gasteiger partial charge in [0.2, 0.25) is 5.56 Å². The number of aryl methyl sites for hydroxylation is 1. The number of nitrogens with one attached hydrogen (secondary N) is 1. The van der Waals surface area contributed by atoms with Crippen molar-refractivity contribution in [2.24, 2.45) is 0 Å². The van der Waals surface area contributed by atoms with Gasteiger partial charge in [-0.15, -0.1) is 11.3 Å². The van der Waals surface area contributed by atoms with Gasteiger partial charge >= 0.3 is 0 Å². The molecule has 0 spiro atoms. The van der Waals surface area contributed by atoms with Crippen molar-refractivity contribution >= 4 is 44.9 Å². The standard InChI is InChI=1S/C21H13ClF2N4OS/c1-10-20(30-9-25-10)21-26-15-4-2-3-13(22)19(15)28(21)8-11-7-16(29)27-18-12(11)5-6-14(23)17(18)24/h2-7,9H,8H2,1H3,(H,27,29). The maximum atomic E-state index is 14.3. The van der Waals surface area contributed by atoms with Crippen LogP contribution >= 0.6 is 22.9 Å². The summed E-state index contributed by atoms with van der Waals surface area (Å²) in [6.45, 7) is 2.08. The Hall–Kier alpha value is -3.10. The third-order valence-electron chi connectivity index (χ3n) is 4.99. The molecule has 3 heterocycles. The molecule has 1 N–H and O–H groups in total. The Balaban J connectivity index is 1.80. The van der Waals surface area contributed by atoms with Crippen LogP contribution in [0.15, 0.2) is 46.7 Å². The van der Waals surface area contributed by atoms with Gasteiger partial charge in [0.1, 0.15) is 0 Å². The monoisotopic (exact) mass is 442 g/mol. The number of hydrogen-bond acceptors (Lipinski definition) is 4. The zero-order valence-corrected chi connectivity index (χ0v) is 17.1. The maximum Gasteiger partial charge on any atom is 0.248 e. The normalized spacial score (nSPS) is 11.6. The predicted octanol–water partition coefficient (Wildman–Crippen LogP) is 5.29. The van der Waals surface area contributed by atoms with E-state index in [-0.39, 0.29) is 12.1 Å². The molecule has 5 rings (SSSR count). The van der Waals surface area contributed by atoms with E-state index in [9.17, 15) is 13.6 Å². The van der Waals surface area contributed by atoms with Gasteiger partial charge in [-0.25, -0.2) is 18.7 Å². The Morgan fingerprint density at radius 1 is 1.23 bits per heavy atom. The fraction of sp³-hybridized carbons (Fsp3) is 0.0952. The van der Waals surface area contributed by atoms with E-state index in [1.165, 1.54) is 23.5 Å². The highest BCUT2D eigenvalue weighted by molar-refractivity contribution is 7.13. The van der Waals surface area contributed by atoms with E-state index in [4.69, 9.17) is 16.6 Å². The molecule has 5 aromatic rings. The Morgan fingerprint density at radius 3 is 2.83 bits per heavy atom. The number of halogens is 3. The minimum Gasteiger partial charge on any atom is -0.319 e. The van der Waals surface area contributed by atoms with Gasteiger partial charge in [0, 0.05) is 11.5 Å². The molecule has 5 nitrogen and oxygen atoms in total. The zero-order chi connectivity index (χ0) is 21.0. The number of para-hydroxylation sites is 1. The van der Waals surface area contributed by atoms with Crippen molar-refractivity contribution in [3.8, 4) is 10.7 Å². The van der Waals surface area contributed by atoms with Gasteiger partial charge in [-0.1, -0.05) is 17.7 Å². The van der Waals surface area contributed by atoms with Crippen LogP contribution in [0.4, 0.5) is 8.78 Å². The Kier molecular flexibility index (Phi) is 4.41. The molecule has 0 bridgehead atoms. The zero-order valence-electron chi connectivity index (χ0n) is 15.5. The molecule has 30 heavy (non-hydrogen) atoms. The van der Waals surface area contributed by atoms with Gasteiger partial charge in [0.05, 0.1) is 44.2 Å². The average Bonchev–Trinajstić information content (AvgIpc) is 3.29. The second-order valence-electron chi connectivity index (χ2n) is 6.84. The van der Waals surface area contributed by atoms with Crippen LogP contribution in [0.2, 0.25) is 5.02 Å². The lowest BCUT2D eigenvalue weighted by Crippen LogP contribution is -2.11. The van der Waals surface area contributed by atoms with Crippen molar-refractivity contribution in [3.63, 3.8) is 0 Å². The van der Waals surface area contributed by atoms with Gasteiger partial charge < -0.3 is 9.55 Å². The first-order valence-corrected chi connectivity index (χ1v) is 10.2. The third kappa shape index (κ3) is 2.91. The first-order chi connectivity index (χ1) is 14.4. The number of H-pyrrole nitrogens is 1. The van der Waals surface area contributed by atoms with Crippen LogP contribution in [0.1, 0.15) is 11.3 Å². The Bertz CT molecular complexity index is 1500. The van der Waals surface area contributed by atoms with Crippen molar-refractivity contribution in [1.29, 1.82) is 0 Å². The number of aromatic nitrogens is 4. The lowest BCUT2D eigenvalue weighted by atomic mass is 10.1. The molecule has 0 atom stereocenters. The largest absolute Gasteiger partial charge is 0.319 e. The summed E-state index contributed by atoms with van der Waals surface area (Å²) >= 11 is 7.93. The second kappa shape index (κ2) is 7.00. The highest BCUT2D eigenvalue weighted by atomic mass is 35.5. The Labute approximate surface area is 177 Å². The number of rotatable bonds is 3. The molecule has 150 valence electrons. The van der Waals surface area contributed by atoms with E-state index >= 15 is 0 Å². The molecule has 0 saturated carbocycles. The number of pyridine rings is 1. The summed E-state index contributed by atoms with van der Waals surface area (Å²) in [6.07, 6.45) is 0. The summed E-state index contributed by atoms with van der Waals surface area (Å²) in [4.78, 5) is 24.5. The minimum absolute atomic E-state index is 0.163. The van der Waals surface area contributed by atoms with Gasteiger partial charge in [0.25, 0.3) is 0 Å².